The second-order valence-electron chi connectivity index (χ2n) is 5.47. The summed E-state index contributed by atoms with van der Waals surface area (Å²) in [5.41, 5.74) is 2.18. The number of aliphatic hydroxyl groups is 1. The fraction of sp³-hybridized carbons (Fsp3) is 0.438. The summed E-state index contributed by atoms with van der Waals surface area (Å²) in [6.07, 6.45) is 4.03. The van der Waals surface area contributed by atoms with Crippen LogP contribution in [0.25, 0.3) is 0 Å². The van der Waals surface area contributed by atoms with Gasteiger partial charge in [-0.2, -0.15) is 0 Å². The molecule has 4 nitrogen and oxygen atoms in total. The number of rotatable bonds is 7. The molecule has 1 saturated carbocycles. The quantitative estimate of drug-likeness (QED) is 0.841. The van der Waals surface area contributed by atoms with E-state index in [4.69, 9.17) is 4.52 Å². The summed E-state index contributed by atoms with van der Waals surface area (Å²) < 4.78 is 4.92. The van der Waals surface area contributed by atoms with Gasteiger partial charge in [0, 0.05) is 25.2 Å². The molecule has 1 aliphatic rings. The first-order valence-corrected chi connectivity index (χ1v) is 7.15. The SMILES string of the molecule is OCC(C1CC1)N(Cc1ccccc1)Cc1ccon1. The number of aromatic nitrogens is 1. The molecule has 0 aliphatic heterocycles. The van der Waals surface area contributed by atoms with Crippen molar-refractivity contribution in [3.63, 3.8) is 0 Å². The number of nitrogens with zero attached hydrogens (tertiary/aromatic N) is 2. The number of hydrogen-bond acceptors (Lipinski definition) is 4. The highest BCUT2D eigenvalue weighted by molar-refractivity contribution is 5.15. The summed E-state index contributed by atoms with van der Waals surface area (Å²) in [6, 6.07) is 12.5. The molecule has 4 heteroatoms. The lowest BCUT2D eigenvalue weighted by molar-refractivity contribution is 0.0924. The molecule has 1 atom stereocenters. The molecule has 0 radical (unpaired) electrons. The van der Waals surface area contributed by atoms with Crippen LogP contribution in [-0.4, -0.2) is 27.8 Å². The second kappa shape index (κ2) is 6.20. The van der Waals surface area contributed by atoms with Crippen LogP contribution in [0.1, 0.15) is 24.1 Å². The van der Waals surface area contributed by atoms with E-state index in [2.05, 4.69) is 34.3 Å². The van der Waals surface area contributed by atoms with Crippen LogP contribution < -0.4 is 0 Å². The Balaban J connectivity index is 1.75. The minimum absolute atomic E-state index is 0.204. The summed E-state index contributed by atoms with van der Waals surface area (Å²) >= 11 is 0. The van der Waals surface area contributed by atoms with Crippen molar-refractivity contribution in [1.29, 1.82) is 0 Å². The van der Waals surface area contributed by atoms with Gasteiger partial charge in [0.05, 0.1) is 12.3 Å². The first-order chi connectivity index (χ1) is 9.86. The molecule has 1 N–H and O–H groups in total. The first kappa shape index (κ1) is 13.3. The van der Waals surface area contributed by atoms with Crippen LogP contribution in [0.5, 0.6) is 0 Å². The second-order valence-corrected chi connectivity index (χ2v) is 5.47. The van der Waals surface area contributed by atoms with Crippen molar-refractivity contribution < 1.29 is 9.63 Å². The number of benzene rings is 1. The Bertz CT molecular complexity index is 509. The molecule has 0 amide bonds. The highest BCUT2D eigenvalue weighted by Crippen LogP contribution is 2.36. The molecule has 1 aliphatic carbocycles. The summed E-state index contributed by atoms with van der Waals surface area (Å²) in [4.78, 5) is 2.31. The minimum atomic E-state index is 0.204. The average Bonchev–Trinajstić information content (AvgIpc) is 3.17. The van der Waals surface area contributed by atoms with Crippen LogP contribution in [-0.2, 0) is 13.1 Å². The Morgan fingerprint density at radius 1 is 1.20 bits per heavy atom. The zero-order valence-electron chi connectivity index (χ0n) is 11.5. The molecule has 1 fully saturated rings. The predicted octanol–water partition coefficient (Wildman–Crippen LogP) is 2.45. The largest absolute Gasteiger partial charge is 0.395 e. The molecular weight excluding hydrogens is 252 g/mol. The van der Waals surface area contributed by atoms with Crippen LogP contribution >= 0.6 is 0 Å². The van der Waals surface area contributed by atoms with Crippen molar-refractivity contribution in [2.75, 3.05) is 6.61 Å². The third-order valence-corrected chi connectivity index (χ3v) is 3.91. The molecule has 0 saturated heterocycles. The molecule has 1 unspecified atom stereocenters. The summed E-state index contributed by atoms with van der Waals surface area (Å²) in [5.74, 6) is 0.621. The molecule has 1 aromatic carbocycles. The molecule has 0 bridgehead atoms. The molecule has 106 valence electrons. The van der Waals surface area contributed by atoms with E-state index in [1.807, 2.05) is 12.1 Å². The summed E-state index contributed by atoms with van der Waals surface area (Å²) in [7, 11) is 0. The molecule has 2 aromatic rings. The first-order valence-electron chi connectivity index (χ1n) is 7.15. The van der Waals surface area contributed by atoms with Gasteiger partial charge in [-0.25, -0.2) is 0 Å². The fourth-order valence-corrected chi connectivity index (χ4v) is 2.68. The highest BCUT2D eigenvalue weighted by Gasteiger charge is 2.35. The Kier molecular flexibility index (Phi) is 4.14. The monoisotopic (exact) mass is 272 g/mol. The Hall–Kier alpha value is -1.65. The number of aliphatic hydroxyl groups excluding tert-OH is 1. The maximum atomic E-state index is 9.73. The molecule has 20 heavy (non-hydrogen) atoms. The Morgan fingerprint density at radius 3 is 2.60 bits per heavy atom. The van der Waals surface area contributed by atoms with Crippen LogP contribution in [0, 0.1) is 5.92 Å². The van der Waals surface area contributed by atoms with Gasteiger partial charge in [-0.05, 0) is 24.3 Å². The van der Waals surface area contributed by atoms with E-state index in [-0.39, 0.29) is 12.6 Å². The molecule has 1 aromatic heterocycles. The van der Waals surface area contributed by atoms with Crippen molar-refractivity contribution >= 4 is 0 Å². The van der Waals surface area contributed by atoms with E-state index in [0.29, 0.717) is 12.5 Å². The molecular formula is C16H20N2O2. The fourth-order valence-electron chi connectivity index (χ4n) is 2.68. The molecule has 3 rings (SSSR count). The van der Waals surface area contributed by atoms with E-state index in [0.717, 1.165) is 12.2 Å². The molecule has 1 heterocycles. The van der Waals surface area contributed by atoms with Gasteiger partial charge in [0.2, 0.25) is 0 Å². The molecule has 0 spiro atoms. The third kappa shape index (κ3) is 3.26. The highest BCUT2D eigenvalue weighted by atomic mass is 16.5. The van der Waals surface area contributed by atoms with Gasteiger partial charge in [-0.1, -0.05) is 35.5 Å². The normalized spacial score (nSPS) is 16.5. The van der Waals surface area contributed by atoms with Gasteiger partial charge in [0.15, 0.2) is 0 Å². The third-order valence-electron chi connectivity index (χ3n) is 3.91. The van der Waals surface area contributed by atoms with Gasteiger partial charge >= 0.3 is 0 Å². The van der Waals surface area contributed by atoms with Crippen molar-refractivity contribution in [2.45, 2.75) is 32.0 Å². The maximum Gasteiger partial charge on any atom is 0.124 e. The Morgan fingerprint density at radius 2 is 2.00 bits per heavy atom. The zero-order chi connectivity index (χ0) is 13.8. The zero-order valence-corrected chi connectivity index (χ0v) is 11.5. The van der Waals surface area contributed by atoms with Gasteiger partial charge < -0.3 is 9.63 Å². The topological polar surface area (TPSA) is 49.5 Å². The van der Waals surface area contributed by atoms with Crippen LogP contribution in [0.15, 0.2) is 47.2 Å². The maximum absolute atomic E-state index is 9.73. The van der Waals surface area contributed by atoms with E-state index in [1.54, 1.807) is 6.26 Å². The van der Waals surface area contributed by atoms with E-state index >= 15 is 0 Å². The van der Waals surface area contributed by atoms with Gasteiger partial charge in [0.25, 0.3) is 0 Å². The minimum Gasteiger partial charge on any atom is -0.395 e. The van der Waals surface area contributed by atoms with E-state index < -0.39 is 0 Å². The van der Waals surface area contributed by atoms with E-state index in [1.165, 1.54) is 18.4 Å². The lowest BCUT2D eigenvalue weighted by Crippen LogP contribution is -2.38. The van der Waals surface area contributed by atoms with Crippen LogP contribution in [0.4, 0.5) is 0 Å². The number of hydrogen-bond donors (Lipinski definition) is 1. The standard InChI is InChI=1S/C16H20N2O2/c19-12-16(14-6-7-14)18(11-15-8-9-20-17-15)10-13-4-2-1-3-5-13/h1-5,8-9,14,16,19H,6-7,10-12H2. The summed E-state index contributed by atoms with van der Waals surface area (Å²) in [5, 5.41) is 13.7. The van der Waals surface area contributed by atoms with Gasteiger partial charge in [-0.3, -0.25) is 4.90 Å². The van der Waals surface area contributed by atoms with Gasteiger partial charge in [0.1, 0.15) is 6.26 Å². The lowest BCUT2D eigenvalue weighted by atomic mass is 10.1. The van der Waals surface area contributed by atoms with Crippen LogP contribution in [0.3, 0.4) is 0 Å². The summed E-state index contributed by atoms with van der Waals surface area (Å²) in [6.45, 7) is 1.75. The van der Waals surface area contributed by atoms with Crippen LogP contribution in [0.2, 0.25) is 0 Å². The lowest BCUT2D eigenvalue weighted by Gasteiger charge is -2.30. The van der Waals surface area contributed by atoms with Gasteiger partial charge in [-0.15, -0.1) is 0 Å². The van der Waals surface area contributed by atoms with Crippen molar-refractivity contribution in [3.8, 4) is 0 Å². The Labute approximate surface area is 119 Å². The predicted molar refractivity (Wildman–Crippen MR) is 75.8 cm³/mol. The van der Waals surface area contributed by atoms with Crippen molar-refractivity contribution in [2.24, 2.45) is 5.92 Å². The van der Waals surface area contributed by atoms with Crippen molar-refractivity contribution in [3.05, 3.63) is 53.9 Å². The average molecular weight is 272 g/mol. The smallest absolute Gasteiger partial charge is 0.124 e. The van der Waals surface area contributed by atoms with Crippen molar-refractivity contribution in [1.82, 2.24) is 10.1 Å². The van der Waals surface area contributed by atoms with E-state index in [9.17, 15) is 5.11 Å².